The van der Waals surface area contributed by atoms with Crippen molar-refractivity contribution in [3.63, 3.8) is 0 Å². The number of rotatable bonds is 7. The molecule has 2 saturated heterocycles. The van der Waals surface area contributed by atoms with Gasteiger partial charge in [0, 0.05) is 38.5 Å². The van der Waals surface area contributed by atoms with Crippen LogP contribution in [0.4, 0.5) is 10.5 Å². The third kappa shape index (κ3) is 6.79. The number of carbonyl (C=O) groups excluding carboxylic acids is 1. The number of amides is 2. The lowest BCUT2D eigenvalue weighted by Crippen LogP contribution is -2.42. The molecule has 2 fully saturated rings. The summed E-state index contributed by atoms with van der Waals surface area (Å²) in [5.74, 6) is 0.384. The third-order valence-electron chi connectivity index (χ3n) is 5.61. The molecule has 2 aliphatic heterocycles. The number of benzene rings is 1. The van der Waals surface area contributed by atoms with E-state index in [2.05, 4.69) is 32.6 Å². The topological polar surface area (TPSA) is 67.8 Å². The SMILES string of the molecule is O=C(NCCN1CCCC(CO)C1)Nc1cccc(CN2CCCCC2)c1. The first-order valence-corrected chi connectivity index (χ1v) is 10.4. The van der Waals surface area contributed by atoms with E-state index in [1.807, 2.05) is 12.1 Å². The summed E-state index contributed by atoms with van der Waals surface area (Å²) in [6.07, 6.45) is 6.15. The Kier molecular flexibility index (Phi) is 7.93. The predicted molar refractivity (Wildman–Crippen MR) is 109 cm³/mol. The number of likely N-dealkylation sites (tertiary alicyclic amines) is 2. The molecule has 2 amide bonds. The van der Waals surface area contributed by atoms with Gasteiger partial charge >= 0.3 is 6.03 Å². The Hall–Kier alpha value is -1.63. The summed E-state index contributed by atoms with van der Waals surface area (Å²) in [7, 11) is 0. The zero-order valence-corrected chi connectivity index (χ0v) is 16.3. The lowest BCUT2D eigenvalue weighted by Gasteiger charge is -2.31. The Balaban J connectivity index is 1.39. The minimum Gasteiger partial charge on any atom is -0.396 e. The molecule has 150 valence electrons. The molecule has 27 heavy (non-hydrogen) atoms. The van der Waals surface area contributed by atoms with Crippen molar-refractivity contribution in [2.45, 2.75) is 38.6 Å². The fourth-order valence-electron chi connectivity index (χ4n) is 4.13. The van der Waals surface area contributed by atoms with Crippen molar-refractivity contribution >= 4 is 11.7 Å². The molecule has 0 spiro atoms. The molecule has 1 unspecified atom stereocenters. The molecule has 0 aromatic heterocycles. The first kappa shape index (κ1) is 20.1. The van der Waals surface area contributed by atoms with Crippen LogP contribution >= 0.6 is 0 Å². The molecule has 1 aromatic rings. The van der Waals surface area contributed by atoms with Gasteiger partial charge in [0.25, 0.3) is 0 Å². The molecule has 0 radical (unpaired) electrons. The number of hydrogen-bond donors (Lipinski definition) is 3. The standard InChI is InChI=1S/C21H34N4O2/c26-17-19-7-5-12-25(16-19)13-9-22-21(27)23-20-8-4-6-18(14-20)15-24-10-2-1-3-11-24/h4,6,8,14,19,26H,1-3,5,7,9-13,15-17H2,(H2,22,23,27). The number of aliphatic hydroxyl groups excluding tert-OH is 1. The van der Waals surface area contributed by atoms with Gasteiger partial charge in [0.2, 0.25) is 0 Å². The van der Waals surface area contributed by atoms with E-state index in [0.29, 0.717) is 12.5 Å². The number of nitrogens with zero attached hydrogens (tertiary/aromatic N) is 2. The maximum Gasteiger partial charge on any atom is 0.319 e. The van der Waals surface area contributed by atoms with E-state index in [4.69, 9.17) is 0 Å². The van der Waals surface area contributed by atoms with Gasteiger partial charge in [-0.3, -0.25) is 4.90 Å². The molecule has 3 rings (SSSR count). The summed E-state index contributed by atoms with van der Waals surface area (Å²) in [5, 5.41) is 15.2. The Morgan fingerprint density at radius 3 is 2.74 bits per heavy atom. The Bertz CT molecular complexity index is 589. The number of urea groups is 1. The monoisotopic (exact) mass is 374 g/mol. The first-order chi connectivity index (χ1) is 13.2. The zero-order valence-electron chi connectivity index (χ0n) is 16.3. The number of aliphatic hydroxyl groups is 1. The fourth-order valence-corrected chi connectivity index (χ4v) is 4.13. The number of piperidine rings is 2. The largest absolute Gasteiger partial charge is 0.396 e. The van der Waals surface area contributed by atoms with Crippen LogP contribution in [-0.2, 0) is 6.54 Å². The van der Waals surface area contributed by atoms with Crippen LogP contribution in [0.5, 0.6) is 0 Å². The van der Waals surface area contributed by atoms with E-state index >= 15 is 0 Å². The summed E-state index contributed by atoms with van der Waals surface area (Å²) in [5.41, 5.74) is 2.10. The predicted octanol–water partition coefficient (Wildman–Crippen LogP) is 2.50. The normalized spacial score (nSPS) is 21.7. The smallest absolute Gasteiger partial charge is 0.319 e. The molecule has 2 aliphatic rings. The molecular formula is C21H34N4O2. The molecular weight excluding hydrogens is 340 g/mol. The Morgan fingerprint density at radius 1 is 1.11 bits per heavy atom. The van der Waals surface area contributed by atoms with E-state index in [9.17, 15) is 9.90 Å². The average Bonchev–Trinajstić information content (AvgIpc) is 2.69. The first-order valence-electron chi connectivity index (χ1n) is 10.4. The van der Waals surface area contributed by atoms with Crippen molar-refractivity contribution in [3.05, 3.63) is 29.8 Å². The van der Waals surface area contributed by atoms with Gasteiger partial charge in [0.05, 0.1) is 0 Å². The van der Waals surface area contributed by atoms with Crippen LogP contribution in [0.15, 0.2) is 24.3 Å². The van der Waals surface area contributed by atoms with Gasteiger partial charge in [-0.25, -0.2) is 4.79 Å². The molecule has 6 nitrogen and oxygen atoms in total. The van der Waals surface area contributed by atoms with E-state index in [0.717, 1.165) is 44.7 Å². The van der Waals surface area contributed by atoms with Crippen molar-refractivity contribution < 1.29 is 9.90 Å². The van der Waals surface area contributed by atoms with Crippen LogP contribution in [0.25, 0.3) is 0 Å². The van der Waals surface area contributed by atoms with Crippen LogP contribution < -0.4 is 10.6 Å². The maximum atomic E-state index is 12.2. The summed E-state index contributed by atoms with van der Waals surface area (Å²) >= 11 is 0. The van der Waals surface area contributed by atoms with Gasteiger partial charge in [-0.15, -0.1) is 0 Å². The van der Waals surface area contributed by atoms with Crippen molar-refractivity contribution in [3.8, 4) is 0 Å². The number of anilines is 1. The highest BCUT2D eigenvalue weighted by molar-refractivity contribution is 5.89. The summed E-state index contributed by atoms with van der Waals surface area (Å²) in [6, 6.07) is 8.00. The minimum absolute atomic E-state index is 0.152. The number of nitrogens with one attached hydrogen (secondary N) is 2. The summed E-state index contributed by atoms with van der Waals surface area (Å²) in [6.45, 7) is 7.00. The van der Waals surface area contributed by atoms with Crippen LogP contribution in [0.1, 0.15) is 37.7 Å². The highest BCUT2D eigenvalue weighted by Gasteiger charge is 2.18. The number of carbonyl (C=O) groups is 1. The summed E-state index contributed by atoms with van der Waals surface area (Å²) in [4.78, 5) is 17.0. The zero-order chi connectivity index (χ0) is 18.9. The molecule has 0 bridgehead atoms. The highest BCUT2D eigenvalue weighted by atomic mass is 16.3. The van der Waals surface area contributed by atoms with Gasteiger partial charge in [-0.2, -0.15) is 0 Å². The van der Waals surface area contributed by atoms with E-state index in [1.54, 1.807) is 0 Å². The van der Waals surface area contributed by atoms with Gasteiger partial charge in [0.15, 0.2) is 0 Å². The average molecular weight is 375 g/mol. The molecule has 6 heteroatoms. The second-order valence-electron chi connectivity index (χ2n) is 7.91. The second-order valence-corrected chi connectivity index (χ2v) is 7.91. The van der Waals surface area contributed by atoms with Crippen LogP contribution in [0.3, 0.4) is 0 Å². The lowest BCUT2D eigenvalue weighted by molar-refractivity contribution is 0.121. The molecule has 0 saturated carbocycles. The van der Waals surface area contributed by atoms with E-state index < -0.39 is 0 Å². The molecule has 3 N–H and O–H groups in total. The van der Waals surface area contributed by atoms with E-state index in [1.165, 1.54) is 37.9 Å². The number of hydrogen-bond acceptors (Lipinski definition) is 4. The second kappa shape index (κ2) is 10.6. The van der Waals surface area contributed by atoms with Crippen LogP contribution in [-0.4, -0.2) is 66.8 Å². The quantitative estimate of drug-likeness (QED) is 0.686. The minimum atomic E-state index is -0.152. The summed E-state index contributed by atoms with van der Waals surface area (Å²) < 4.78 is 0. The van der Waals surface area contributed by atoms with E-state index in [-0.39, 0.29) is 12.6 Å². The van der Waals surface area contributed by atoms with Gasteiger partial charge in [-0.1, -0.05) is 18.6 Å². The van der Waals surface area contributed by atoms with Crippen molar-refractivity contribution in [2.24, 2.45) is 5.92 Å². The van der Waals surface area contributed by atoms with Gasteiger partial charge in [0.1, 0.15) is 0 Å². The van der Waals surface area contributed by atoms with Gasteiger partial charge < -0.3 is 20.6 Å². The molecule has 1 aromatic carbocycles. The molecule has 0 aliphatic carbocycles. The molecule has 1 atom stereocenters. The van der Waals surface area contributed by atoms with Crippen molar-refractivity contribution in [2.75, 3.05) is 51.2 Å². The Morgan fingerprint density at radius 2 is 1.93 bits per heavy atom. The van der Waals surface area contributed by atoms with Gasteiger partial charge in [-0.05, 0) is 68.9 Å². The van der Waals surface area contributed by atoms with Crippen molar-refractivity contribution in [1.82, 2.24) is 15.1 Å². The third-order valence-corrected chi connectivity index (χ3v) is 5.61. The van der Waals surface area contributed by atoms with Crippen LogP contribution in [0, 0.1) is 5.92 Å². The van der Waals surface area contributed by atoms with Crippen LogP contribution in [0.2, 0.25) is 0 Å². The maximum absolute atomic E-state index is 12.2. The molecule has 2 heterocycles. The van der Waals surface area contributed by atoms with Crippen molar-refractivity contribution in [1.29, 1.82) is 0 Å². The Labute approximate surface area is 162 Å². The lowest BCUT2D eigenvalue weighted by atomic mass is 9.99. The highest BCUT2D eigenvalue weighted by Crippen LogP contribution is 2.17. The fraction of sp³-hybridized carbons (Fsp3) is 0.667.